The fraction of sp³-hybridized carbons (Fsp3) is 0.455. The number of aromatic nitrogens is 4. The Hall–Kier alpha value is -3.38. The maximum absolute atomic E-state index is 13.1. The molecule has 1 aromatic carbocycles. The molecule has 1 aliphatic carbocycles. The van der Waals surface area contributed by atoms with Crippen molar-refractivity contribution in [1.82, 2.24) is 24.9 Å². The summed E-state index contributed by atoms with van der Waals surface area (Å²) < 4.78 is 34.6. The van der Waals surface area contributed by atoms with E-state index in [-0.39, 0.29) is 12.2 Å². The summed E-state index contributed by atoms with van der Waals surface area (Å²) in [5, 5.41) is 12.5. The van der Waals surface area contributed by atoms with Crippen molar-refractivity contribution in [1.29, 1.82) is 0 Å². The SMILES string of the molecule is NC1=NC(c2ccc3cnn(C4CCCCO4)c3c2)=NC(N)(C2(c3ccn(C(F)F)n3)CC2)N1. The predicted octanol–water partition coefficient (Wildman–Crippen LogP) is 2.34. The van der Waals surface area contributed by atoms with E-state index in [0.29, 0.717) is 35.7 Å². The molecule has 5 N–H and O–H groups in total. The lowest BCUT2D eigenvalue weighted by molar-refractivity contribution is -0.0366. The third-order valence-corrected chi connectivity index (χ3v) is 6.89. The van der Waals surface area contributed by atoms with E-state index in [1.807, 2.05) is 29.1 Å². The standard InChI is InChI=1S/C22H25F2N9O/c23-19(24)32-9-6-16(31-32)21(7-8-21)22(26)29-18(28-20(25)30-22)13-4-5-14-12-27-33(15(14)11-13)17-3-1-2-10-34-17/h4-6,9,11-12,17,19H,1-3,7-8,10,26H2,(H3,25,28,29,30). The van der Waals surface area contributed by atoms with Gasteiger partial charge in [-0.05, 0) is 44.2 Å². The number of benzene rings is 1. The van der Waals surface area contributed by atoms with E-state index in [4.69, 9.17) is 21.2 Å². The van der Waals surface area contributed by atoms with E-state index in [1.54, 1.807) is 6.07 Å². The number of nitrogens with two attached hydrogens (primary N) is 2. The quantitative estimate of drug-likeness (QED) is 0.525. The minimum Gasteiger partial charge on any atom is -0.370 e. The topological polar surface area (TPSA) is 134 Å². The van der Waals surface area contributed by atoms with Crippen LogP contribution < -0.4 is 16.8 Å². The summed E-state index contributed by atoms with van der Waals surface area (Å²) in [7, 11) is 0. The number of guanidine groups is 1. The third kappa shape index (κ3) is 3.28. The van der Waals surface area contributed by atoms with Gasteiger partial charge in [0.1, 0.15) is 0 Å². The van der Waals surface area contributed by atoms with Crippen LogP contribution in [-0.4, -0.2) is 43.7 Å². The lowest BCUT2D eigenvalue weighted by Gasteiger charge is -2.37. The Kier molecular flexibility index (Phi) is 4.71. The summed E-state index contributed by atoms with van der Waals surface area (Å²) in [5.41, 5.74) is 14.2. The first-order valence-corrected chi connectivity index (χ1v) is 11.3. The molecule has 0 amide bonds. The highest BCUT2D eigenvalue weighted by molar-refractivity contribution is 6.09. The van der Waals surface area contributed by atoms with E-state index in [2.05, 4.69) is 20.5 Å². The highest BCUT2D eigenvalue weighted by atomic mass is 19.3. The highest BCUT2D eigenvalue weighted by Gasteiger charge is 2.62. The van der Waals surface area contributed by atoms with Gasteiger partial charge in [0.25, 0.3) is 0 Å². The summed E-state index contributed by atoms with van der Waals surface area (Å²) in [6, 6.07) is 7.35. The maximum atomic E-state index is 13.1. The highest BCUT2D eigenvalue weighted by Crippen LogP contribution is 2.54. The molecule has 3 aliphatic rings. The van der Waals surface area contributed by atoms with Crippen LogP contribution in [0.25, 0.3) is 10.9 Å². The van der Waals surface area contributed by atoms with Crippen LogP contribution in [0.3, 0.4) is 0 Å². The molecule has 4 heterocycles. The Bertz CT molecular complexity index is 1300. The van der Waals surface area contributed by atoms with E-state index in [0.717, 1.165) is 35.7 Å². The predicted molar refractivity (Wildman–Crippen MR) is 121 cm³/mol. The number of hydrogen-bond acceptors (Lipinski definition) is 8. The van der Waals surface area contributed by atoms with Gasteiger partial charge in [-0.3, -0.25) is 5.73 Å². The number of ether oxygens (including phenoxy) is 1. The van der Waals surface area contributed by atoms with Gasteiger partial charge >= 0.3 is 6.55 Å². The van der Waals surface area contributed by atoms with Crippen molar-refractivity contribution in [2.75, 3.05) is 6.61 Å². The minimum absolute atomic E-state index is 0.108. The Morgan fingerprint density at radius 2 is 2.06 bits per heavy atom. The van der Waals surface area contributed by atoms with Gasteiger partial charge < -0.3 is 15.8 Å². The first-order chi connectivity index (χ1) is 16.4. The van der Waals surface area contributed by atoms with E-state index in [9.17, 15) is 8.78 Å². The smallest absolute Gasteiger partial charge is 0.333 e. The number of rotatable bonds is 5. The zero-order valence-electron chi connectivity index (χ0n) is 18.4. The van der Waals surface area contributed by atoms with Gasteiger partial charge in [-0.2, -0.15) is 24.0 Å². The number of amidine groups is 1. The lowest BCUT2D eigenvalue weighted by atomic mass is 9.93. The molecule has 2 fully saturated rings. The molecule has 34 heavy (non-hydrogen) atoms. The molecule has 178 valence electrons. The summed E-state index contributed by atoms with van der Waals surface area (Å²) in [6.45, 7) is -2.02. The molecule has 10 nitrogen and oxygen atoms in total. The van der Waals surface area contributed by atoms with Crippen molar-refractivity contribution in [3.8, 4) is 0 Å². The fourth-order valence-electron chi connectivity index (χ4n) is 4.90. The maximum Gasteiger partial charge on any atom is 0.333 e. The van der Waals surface area contributed by atoms with Crippen molar-refractivity contribution in [3.63, 3.8) is 0 Å². The van der Waals surface area contributed by atoms with Gasteiger partial charge in [0.2, 0.25) is 0 Å². The van der Waals surface area contributed by atoms with Crippen LogP contribution in [0.15, 0.2) is 46.6 Å². The van der Waals surface area contributed by atoms with Crippen molar-refractivity contribution in [3.05, 3.63) is 47.9 Å². The summed E-state index contributed by atoms with van der Waals surface area (Å²) in [4.78, 5) is 9.15. The Morgan fingerprint density at radius 1 is 1.21 bits per heavy atom. The van der Waals surface area contributed by atoms with E-state index in [1.165, 1.54) is 6.20 Å². The molecule has 2 aliphatic heterocycles. The fourth-order valence-corrected chi connectivity index (χ4v) is 4.90. The van der Waals surface area contributed by atoms with Crippen LogP contribution in [0, 0.1) is 0 Å². The number of nitrogens with one attached hydrogen (secondary N) is 1. The average molecular weight is 470 g/mol. The molecule has 1 saturated carbocycles. The molecule has 12 heteroatoms. The summed E-state index contributed by atoms with van der Waals surface area (Å²) >= 11 is 0. The van der Waals surface area contributed by atoms with Gasteiger partial charge in [-0.1, -0.05) is 12.1 Å². The molecule has 0 bridgehead atoms. The van der Waals surface area contributed by atoms with Gasteiger partial charge in [0.15, 0.2) is 23.8 Å². The van der Waals surface area contributed by atoms with Crippen molar-refractivity contribution in [2.24, 2.45) is 21.5 Å². The molecular weight excluding hydrogens is 444 g/mol. The Labute approximate surface area is 193 Å². The molecule has 2 atom stereocenters. The molecule has 2 unspecified atom stereocenters. The van der Waals surface area contributed by atoms with E-state index < -0.39 is 17.8 Å². The normalized spacial score (nSPS) is 26.3. The van der Waals surface area contributed by atoms with Crippen molar-refractivity contribution < 1.29 is 13.5 Å². The molecule has 1 saturated heterocycles. The van der Waals surface area contributed by atoms with Gasteiger partial charge in [0.05, 0.1) is 22.8 Å². The average Bonchev–Trinajstić information content (AvgIpc) is 3.31. The number of halogens is 2. The van der Waals surface area contributed by atoms with Crippen LogP contribution in [0.2, 0.25) is 0 Å². The minimum atomic E-state index is -2.73. The van der Waals surface area contributed by atoms with Gasteiger partial charge in [-0.25, -0.2) is 14.4 Å². The molecule has 6 rings (SSSR count). The largest absolute Gasteiger partial charge is 0.370 e. The zero-order chi connectivity index (χ0) is 23.5. The summed E-state index contributed by atoms with van der Waals surface area (Å²) in [5.74, 6) is -0.911. The first-order valence-electron chi connectivity index (χ1n) is 11.3. The molecular formula is C22H25F2N9O. The second kappa shape index (κ2) is 7.57. The second-order valence-corrected chi connectivity index (χ2v) is 9.05. The Morgan fingerprint density at radius 3 is 2.76 bits per heavy atom. The van der Waals surface area contributed by atoms with Crippen molar-refractivity contribution >= 4 is 22.7 Å². The number of aliphatic imine (C=N–C) groups is 2. The number of alkyl halides is 2. The second-order valence-electron chi connectivity index (χ2n) is 9.05. The van der Waals surface area contributed by atoms with Gasteiger partial charge in [-0.15, -0.1) is 0 Å². The van der Waals surface area contributed by atoms with Crippen LogP contribution in [0.1, 0.15) is 56.1 Å². The monoisotopic (exact) mass is 469 g/mol. The van der Waals surface area contributed by atoms with Crippen LogP contribution in [0.5, 0.6) is 0 Å². The first kappa shape index (κ1) is 21.2. The molecule has 2 aromatic heterocycles. The van der Waals surface area contributed by atoms with Crippen molar-refractivity contribution in [2.45, 2.75) is 56.1 Å². The number of fused-ring (bicyclic) bond motifs is 1. The Balaban J connectivity index is 1.39. The van der Waals surface area contributed by atoms with Crippen LogP contribution in [0.4, 0.5) is 8.78 Å². The third-order valence-electron chi connectivity index (χ3n) is 6.89. The van der Waals surface area contributed by atoms with Crippen LogP contribution in [-0.2, 0) is 10.2 Å². The molecule has 0 radical (unpaired) electrons. The molecule has 0 spiro atoms. The van der Waals surface area contributed by atoms with Crippen LogP contribution >= 0.6 is 0 Å². The number of nitrogens with zero attached hydrogens (tertiary/aromatic N) is 6. The van der Waals surface area contributed by atoms with Gasteiger partial charge in [0, 0.05) is 23.8 Å². The van der Waals surface area contributed by atoms with E-state index >= 15 is 0 Å². The summed E-state index contributed by atoms with van der Waals surface area (Å²) in [6.07, 6.45) is 7.24. The zero-order valence-corrected chi connectivity index (χ0v) is 18.4. The number of hydrogen-bond donors (Lipinski definition) is 3. The molecule has 3 aromatic rings. The lowest BCUT2D eigenvalue weighted by Crippen LogP contribution is -2.66.